The van der Waals surface area contributed by atoms with Crippen molar-refractivity contribution in [2.45, 2.75) is 134 Å². The molecule has 3 aliphatic heterocycles. The number of halogens is 1. The van der Waals surface area contributed by atoms with Gasteiger partial charge in [0, 0.05) is 30.5 Å². The minimum absolute atomic E-state index is 0.0787. The molecule has 1 aromatic heterocycles. The Morgan fingerprint density at radius 3 is 2.53 bits per heavy atom. The number of anilines is 1. The first-order valence-corrected chi connectivity index (χ1v) is 21.4. The number of ketones is 1. The number of cyclic esters (lactones) is 1. The van der Waals surface area contributed by atoms with Crippen LogP contribution in [0.2, 0.25) is 0 Å². The van der Waals surface area contributed by atoms with Gasteiger partial charge in [-0.15, -0.1) is 0 Å². The standard InChI is InChI=1S/C42H62IN5O10/c1-11-48(10)32-20-24(3)56-39(36(32)51)57-37-26(5)35(50)27(6)38(52)58-40(43)42(9,53)31-18-17-30(47-55-19-13-15-29-14-12-16-33(44)46-29)22-54-41(37,8)21-23(2)34(25(31)4)45-28(7)49/h12,14,16,23-27,31-32,36-37,39-40,51,53H,11,17-22H2,1-10H3,(H2,44,46)/b45-34+,47-30+/t23-,24-,25-,26+,27-,31-,32+,36-,37-,39+,40+,41-,42+/m1/s1. The van der Waals surface area contributed by atoms with E-state index in [4.69, 9.17) is 29.5 Å². The number of ether oxygens (including phenoxy) is 4. The molecule has 0 unspecified atom stereocenters. The lowest BCUT2D eigenvalue weighted by Crippen LogP contribution is -2.60. The summed E-state index contributed by atoms with van der Waals surface area (Å²) in [5.74, 6) is 0.583. The van der Waals surface area contributed by atoms with Crippen LogP contribution in [0.25, 0.3) is 0 Å². The summed E-state index contributed by atoms with van der Waals surface area (Å²) >= 11 is 1.89. The van der Waals surface area contributed by atoms with Crippen molar-refractivity contribution in [1.82, 2.24) is 9.88 Å². The number of carbonyl (C=O) groups is 3. The van der Waals surface area contributed by atoms with Crippen LogP contribution >= 0.6 is 22.6 Å². The van der Waals surface area contributed by atoms with E-state index in [1.807, 2.05) is 69.2 Å². The molecule has 4 rings (SSSR count). The average Bonchev–Trinajstić information content (AvgIpc) is 3.17. The molecule has 13 atom stereocenters. The number of hydrogen-bond acceptors (Lipinski definition) is 14. The first-order chi connectivity index (χ1) is 27.2. The van der Waals surface area contributed by atoms with Gasteiger partial charge >= 0.3 is 5.97 Å². The van der Waals surface area contributed by atoms with Gasteiger partial charge in [0.1, 0.15) is 29.1 Å². The third kappa shape index (κ3) is 11.6. The lowest BCUT2D eigenvalue weighted by Gasteiger charge is -2.47. The molecule has 58 heavy (non-hydrogen) atoms. The molecule has 16 heteroatoms. The smallest absolute Gasteiger partial charge is 0.317 e. The third-order valence-corrected chi connectivity index (χ3v) is 13.4. The summed E-state index contributed by atoms with van der Waals surface area (Å²) in [6.45, 7) is 16.2. The Labute approximate surface area is 356 Å². The van der Waals surface area contributed by atoms with E-state index in [9.17, 15) is 24.6 Å². The van der Waals surface area contributed by atoms with Crippen LogP contribution in [-0.2, 0) is 38.2 Å². The molecule has 4 heterocycles. The zero-order valence-corrected chi connectivity index (χ0v) is 37.6. The fourth-order valence-corrected chi connectivity index (χ4v) is 9.20. The maximum atomic E-state index is 14.4. The van der Waals surface area contributed by atoms with Crippen LogP contribution in [-0.4, -0.2) is 122 Å². The molecule has 3 fully saturated rings. The van der Waals surface area contributed by atoms with Gasteiger partial charge in [0.2, 0.25) is 5.91 Å². The highest BCUT2D eigenvalue weighted by Gasteiger charge is 2.52. The normalized spacial score (nSPS) is 38.2. The Bertz CT molecular complexity index is 1750. The highest BCUT2D eigenvalue weighted by Crippen LogP contribution is 2.43. The second kappa shape index (κ2) is 20.5. The fraction of sp³-hybridized carbons (Fsp3) is 0.714. The summed E-state index contributed by atoms with van der Waals surface area (Å²) in [6, 6.07) is 4.85. The molecular formula is C42H62IN5O10. The van der Waals surface area contributed by atoms with Crippen molar-refractivity contribution in [3.63, 3.8) is 0 Å². The summed E-state index contributed by atoms with van der Waals surface area (Å²) in [5, 5.41) is 28.5. The van der Waals surface area contributed by atoms with Crippen LogP contribution in [0.15, 0.2) is 28.3 Å². The molecule has 322 valence electrons. The first-order valence-electron chi connectivity index (χ1n) is 20.1. The number of aliphatic imine (C=N–C) groups is 1. The maximum Gasteiger partial charge on any atom is 0.317 e. The Kier molecular flexibility index (Phi) is 16.8. The minimum Gasteiger partial charge on any atom is -0.448 e. The Balaban J connectivity index is 1.89. The minimum atomic E-state index is -1.66. The largest absolute Gasteiger partial charge is 0.448 e. The van der Waals surface area contributed by atoms with Gasteiger partial charge < -0.3 is 44.6 Å². The summed E-state index contributed by atoms with van der Waals surface area (Å²) < 4.78 is 24.8. The van der Waals surface area contributed by atoms with Crippen molar-refractivity contribution in [3.8, 4) is 11.8 Å². The molecule has 0 spiro atoms. The van der Waals surface area contributed by atoms with Crippen LogP contribution in [0.5, 0.6) is 0 Å². The summed E-state index contributed by atoms with van der Waals surface area (Å²) in [6.07, 6.45) is -2.36. The second-order valence-electron chi connectivity index (χ2n) is 16.5. The number of amides is 1. The molecule has 3 saturated heterocycles. The number of carbonyl (C=O) groups excluding carboxylic acids is 3. The van der Waals surface area contributed by atoms with E-state index in [2.05, 4.69) is 27.0 Å². The van der Waals surface area contributed by atoms with Crippen LogP contribution in [0.1, 0.15) is 93.7 Å². The van der Waals surface area contributed by atoms with Gasteiger partial charge in [-0.25, -0.2) is 9.98 Å². The summed E-state index contributed by atoms with van der Waals surface area (Å²) in [7, 11) is 1.92. The van der Waals surface area contributed by atoms with E-state index >= 15 is 0 Å². The predicted octanol–water partition coefficient (Wildman–Crippen LogP) is 4.33. The lowest BCUT2D eigenvalue weighted by molar-refractivity contribution is -0.296. The molecule has 4 N–H and O–H groups in total. The first kappa shape index (κ1) is 47.6. The van der Waals surface area contributed by atoms with E-state index < -0.39 is 81.1 Å². The molecular weight excluding hydrogens is 861 g/mol. The van der Waals surface area contributed by atoms with Crippen molar-refractivity contribution in [1.29, 1.82) is 0 Å². The quantitative estimate of drug-likeness (QED) is 0.0693. The van der Waals surface area contributed by atoms with E-state index in [1.54, 1.807) is 32.0 Å². The Morgan fingerprint density at radius 2 is 1.88 bits per heavy atom. The molecule has 15 nitrogen and oxygen atoms in total. The van der Waals surface area contributed by atoms with Gasteiger partial charge in [0.15, 0.2) is 22.8 Å². The summed E-state index contributed by atoms with van der Waals surface area (Å²) in [4.78, 5) is 57.4. The lowest BCUT2D eigenvalue weighted by atomic mass is 9.70. The zero-order chi connectivity index (χ0) is 43.1. The van der Waals surface area contributed by atoms with Gasteiger partial charge in [-0.1, -0.05) is 44.8 Å². The number of hydrogen-bond donors (Lipinski definition) is 3. The number of pyridine rings is 1. The van der Waals surface area contributed by atoms with Crippen molar-refractivity contribution in [2.24, 2.45) is 39.7 Å². The molecule has 0 radical (unpaired) electrons. The number of nitrogen functional groups attached to an aromatic ring is 1. The molecule has 0 saturated carbocycles. The zero-order valence-electron chi connectivity index (χ0n) is 35.4. The van der Waals surface area contributed by atoms with Gasteiger partial charge in [0.05, 0.1) is 30.1 Å². The van der Waals surface area contributed by atoms with E-state index in [1.165, 1.54) is 13.8 Å². The maximum absolute atomic E-state index is 14.4. The number of aliphatic hydroxyl groups is 2. The number of esters is 1. The molecule has 0 aliphatic carbocycles. The number of rotatable bonds is 6. The van der Waals surface area contributed by atoms with Crippen LogP contribution in [0.4, 0.5) is 5.82 Å². The monoisotopic (exact) mass is 923 g/mol. The number of oxime groups is 1. The molecule has 2 bridgehead atoms. The van der Waals surface area contributed by atoms with Crippen LogP contribution in [0.3, 0.4) is 0 Å². The topological polar surface area (TPSA) is 205 Å². The van der Waals surface area contributed by atoms with Gasteiger partial charge in [-0.3, -0.25) is 14.4 Å². The van der Waals surface area contributed by atoms with Crippen molar-refractivity contribution < 1.29 is 48.4 Å². The number of aromatic nitrogens is 1. The molecule has 0 aromatic carbocycles. The van der Waals surface area contributed by atoms with E-state index in [0.29, 0.717) is 42.3 Å². The highest BCUT2D eigenvalue weighted by molar-refractivity contribution is 14.1. The molecule has 1 aromatic rings. The van der Waals surface area contributed by atoms with E-state index in [-0.39, 0.29) is 38.2 Å². The number of nitrogens with zero attached hydrogens (tertiary/aromatic N) is 4. The van der Waals surface area contributed by atoms with Crippen molar-refractivity contribution in [2.75, 3.05) is 32.5 Å². The number of aliphatic hydroxyl groups excluding tert-OH is 1. The van der Waals surface area contributed by atoms with Gasteiger partial charge in [-0.05, 0) is 119 Å². The highest BCUT2D eigenvalue weighted by atomic mass is 127. The molecule has 3 aliphatic rings. The number of alkyl halides is 1. The van der Waals surface area contributed by atoms with Crippen LogP contribution in [0, 0.1) is 41.4 Å². The SMILES string of the molecule is CCN(C)[C@H]1C[C@@H](C)O[C@@H](O[C@@H]2[C@@H](C)C(=O)[C@@H](C)C(=O)O[C@H](I)[C@@](C)(O)[C@@H]3CC/C(=N\OCC#Cc4cccc(N)n4)CO[C@]2(C)C[C@@H](C)/C(=N\C(C)=O)[C@@H]3C)[C@@H]1O. The number of fused-ring (bicyclic) bond motifs is 5. The summed E-state index contributed by atoms with van der Waals surface area (Å²) in [5.41, 5.74) is 4.23. The van der Waals surface area contributed by atoms with Crippen molar-refractivity contribution in [3.05, 3.63) is 23.9 Å². The van der Waals surface area contributed by atoms with Crippen molar-refractivity contribution >= 4 is 57.5 Å². The second-order valence-corrected chi connectivity index (χ2v) is 17.6. The van der Waals surface area contributed by atoms with Gasteiger partial charge in [0.25, 0.3) is 0 Å². The van der Waals surface area contributed by atoms with Gasteiger partial charge in [-0.2, -0.15) is 0 Å². The Morgan fingerprint density at radius 1 is 1.17 bits per heavy atom. The Hall–Kier alpha value is -3.05. The fourth-order valence-electron chi connectivity index (χ4n) is 8.48. The molecule has 1 amide bonds. The average molecular weight is 924 g/mol. The third-order valence-electron chi connectivity index (χ3n) is 11.9. The number of Topliss-reactive ketones (excluding diaryl/α,β-unsaturated/α-hetero) is 1. The number of likely N-dealkylation sites (N-methyl/N-ethyl adjacent to an activating group) is 1. The van der Waals surface area contributed by atoms with Crippen LogP contribution < -0.4 is 5.73 Å². The van der Waals surface area contributed by atoms with E-state index in [0.717, 1.165) is 0 Å². The predicted molar refractivity (Wildman–Crippen MR) is 227 cm³/mol. The number of nitrogens with two attached hydrogens (primary N) is 1.